The van der Waals surface area contributed by atoms with Gasteiger partial charge in [0.05, 0.1) is 5.69 Å². The first-order chi connectivity index (χ1) is 7.36. The van der Waals surface area contributed by atoms with Gasteiger partial charge in [-0.05, 0) is 18.4 Å². The van der Waals surface area contributed by atoms with Crippen molar-refractivity contribution in [2.24, 2.45) is 5.73 Å². The summed E-state index contributed by atoms with van der Waals surface area (Å²) in [6.07, 6.45) is 5.24. The molecule has 0 unspecified atom stereocenters. The van der Waals surface area contributed by atoms with Gasteiger partial charge < -0.3 is 5.73 Å². The summed E-state index contributed by atoms with van der Waals surface area (Å²) in [5.41, 5.74) is 7.87. The van der Waals surface area contributed by atoms with Crippen molar-refractivity contribution in [2.45, 2.75) is 11.4 Å². The number of thioether (sulfide) groups is 1. The summed E-state index contributed by atoms with van der Waals surface area (Å²) in [5.74, 6) is 0. The number of nitrogens with zero attached hydrogens (tertiary/aromatic N) is 3. The number of hydrogen-bond donors (Lipinski definition) is 1. The van der Waals surface area contributed by atoms with Crippen LogP contribution < -0.4 is 5.73 Å². The Morgan fingerprint density at radius 1 is 1.47 bits per heavy atom. The predicted molar refractivity (Wildman–Crippen MR) is 61.0 cm³/mol. The number of hydrogen-bond acceptors (Lipinski definition) is 4. The Morgan fingerprint density at radius 2 is 2.33 bits per heavy atom. The Labute approximate surface area is 92.5 Å². The molecule has 0 spiro atoms. The number of benzene rings is 1. The second-order valence-electron chi connectivity index (χ2n) is 3.00. The van der Waals surface area contributed by atoms with Gasteiger partial charge in [0, 0.05) is 17.0 Å². The second kappa shape index (κ2) is 4.46. The van der Waals surface area contributed by atoms with Gasteiger partial charge in [0.15, 0.2) is 0 Å². The van der Waals surface area contributed by atoms with E-state index in [2.05, 4.69) is 16.1 Å². The van der Waals surface area contributed by atoms with Crippen molar-refractivity contribution in [1.29, 1.82) is 0 Å². The maximum atomic E-state index is 5.76. The monoisotopic (exact) mass is 220 g/mol. The van der Waals surface area contributed by atoms with Gasteiger partial charge in [-0.3, -0.25) is 0 Å². The highest BCUT2D eigenvalue weighted by atomic mass is 32.2. The lowest BCUT2D eigenvalue weighted by molar-refractivity contribution is 0.847. The van der Waals surface area contributed by atoms with Crippen LogP contribution in [0.25, 0.3) is 5.69 Å². The largest absolute Gasteiger partial charge is 0.326 e. The van der Waals surface area contributed by atoms with Crippen molar-refractivity contribution >= 4 is 11.8 Å². The Bertz CT molecular complexity index is 439. The maximum absolute atomic E-state index is 5.76. The summed E-state index contributed by atoms with van der Waals surface area (Å²) in [5, 5.41) is 4.11. The van der Waals surface area contributed by atoms with E-state index in [0.717, 1.165) is 11.3 Å². The third kappa shape index (κ3) is 1.88. The number of nitrogens with two attached hydrogens (primary N) is 1. The van der Waals surface area contributed by atoms with Crippen molar-refractivity contribution < 1.29 is 0 Å². The van der Waals surface area contributed by atoms with E-state index in [1.807, 2.05) is 18.4 Å². The zero-order valence-corrected chi connectivity index (χ0v) is 9.24. The molecule has 0 amide bonds. The first-order valence-electron chi connectivity index (χ1n) is 4.57. The van der Waals surface area contributed by atoms with Crippen LogP contribution in [0.1, 0.15) is 5.56 Å². The molecule has 0 aliphatic rings. The van der Waals surface area contributed by atoms with Gasteiger partial charge in [-0.15, -0.1) is 11.8 Å². The van der Waals surface area contributed by atoms with E-state index in [4.69, 9.17) is 5.73 Å². The van der Waals surface area contributed by atoms with E-state index in [-0.39, 0.29) is 0 Å². The standard InChI is InChI=1S/C10H12N4S/c1-15-10-4-2-3-9(8(10)5-11)14-7-12-6-13-14/h2-4,6-7H,5,11H2,1H3. The van der Waals surface area contributed by atoms with Crippen LogP contribution in [0.3, 0.4) is 0 Å². The van der Waals surface area contributed by atoms with Crippen LogP contribution in [-0.4, -0.2) is 21.0 Å². The first kappa shape index (κ1) is 10.2. The Hall–Kier alpha value is -1.33. The fraction of sp³-hybridized carbons (Fsp3) is 0.200. The lowest BCUT2D eigenvalue weighted by Crippen LogP contribution is -2.06. The molecular formula is C10H12N4S. The molecule has 0 bridgehead atoms. The molecule has 5 heteroatoms. The minimum absolute atomic E-state index is 0.506. The van der Waals surface area contributed by atoms with Gasteiger partial charge in [-0.2, -0.15) is 5.10 Å². The van der Waals surface area contributed by atoms with Gasteiger partial charge in [-0.1, -0.05) is 6.07 Å². The number of rotatable bonds is 3. The fourth-order valence-corrected chi connectivity index (χ4v) is 2.15. The number of aromatic nitrogens is 3. The minimum atomic E-state index is 0.506. The summed E-state index contributed by atoms with van der Waals surface area (Å²) in [6.45, 7) is 0.506. The average Bonchev–Trinajstić information content (AvgIpc) is 2.81. The van der Waals surface area contributed by atoms with Crippen LogP contribution in [0, 0.1) is 0 Å². The predicted octanol–water partition coefficient (Wildman–Crippen LogP) is 1.45. The molecule has 4 nitrogen and oxygen atoms in total. The summed E-state index contributed by atoms with van der Waals surface area (Å²) in [6, 6.07) is 6.06. The zero-order valence-electron chi connectivity index (χ0n) is 8.42. The van der Waals surface area contributed by atoms with Crippen LogP contribution in [0.5, 0.6) is 0 Å². The van der Waals surface area contributed by atoms with E-state index in [1.165, 1.54) is 11.2 Å². The Morgan fingerprint density at radius 3 is 2.93 bits per heavy atom. The van der Waals surface area contributed by atoms with Crippen LogP contribution >= 0.6 is 11.8 Å². The van der Waals surface area contributed by atoms with E-state index in [9.17, 15) is 0 Å². The third-order valence-corrected chi connectivity index (χ3v) is 3.02. The van der Waals surface area contributed by atoms with Crippen LogP contribution in [0.2, 0.25) is 0 Å². The molecule has 78 valence electrons. The van der Waals surface area contributed by atoms with Crippen molar-refractivity contribution in [3.05, 3.63) is 36.4 Å². The third-order valence-electron chi connectivity index (χ3n) is 2.20. The Balaban J connectivity index is 2.56. The molecule has 1 heterocycles. The maximum Gasteiger partial charge on any atom is 0.138 e. The quantitative estimate of drug-likeness (QED) is 0.795. The van der Waals surface area contributed by atoms with Gasteiger partial charge in [0.1, 0.15) is 12.7 Å². The fourth-order valence-electron chi connectivity index (χ4n) is 1.50. The molecule has 15 heavy (non-hydrogen) atoms. The molecular weight excluding hydrogens is 208 g/mol. The summed E-state index contributed by atoms with van der Waals surface area (Å²) >= 11 is 1.69. The molecule has 0 aliphatic heterocycles. The minimum Gasteiger partial charge on any atom is -0.326 e. The van der Waals surface area contributed by atoms with Crippen LogP contribution in [0.15, 0.2) is 35.7 Å². The lowest BCUT2D eigenvalue weighted by atomic mass is 10.2. The topological polar surface area (TPSA) is 56.7 Å². The van der Waals surface area contributed by atoms with Gasteiger partial charge >= 0.3 is 0 Å². The van der Waals surface area contributed by atoms with E-state index in [1.54, 1.807) is 22.8 Å². The molecule has 0 atom stereocenters. The second-order valence-corrected chi connectivity index (χ2v) is 3.85. The van der Waals surface area contributed by atoms with Crippen molar-refractivity contribution in [3.8, 4) is 5.69 Å². The average molecular weight is 220 g/mol. The van der Waals surface area contributed by atoms with E-state index < -0.39 is 0 Å². The molecule has 1 aromatic carbocycles. The molecule has 0 fully saturated rings. The van der Waals surface area contributed by atoms with Gasteiger partial charge in [0.25, 0.3) is 0 Å². The lowest BCUT2D eigenvalue weighted by Gasteiger charge is -2.10. The zero-order chi connectivity index (χ0) is 10.7. The molecule has 2 rings (SSSR count). The SMILES string of the molecule is CSc1cccc(-n2cncn2)c1CN. The Kier molecular flexibility index (Phi) is 3.03. The van der Waals surface area contributed by atoms with Gasteiger partial charge in [0.2, 0.25) is 0 Å². The highest BCUT2D eigenvalue weighted by Gasteiger charge is 2.07. The molecule has 2 N–H and O–H groups in total. The van der Waals surface area contributed by atoms with Crippen molar-refractivity contribution in [3.63, 3.8) is 0 Å². The molecule has 0 radical (unpaired) electrons. The summed E-state index contributed by atoms with van der Waals surface area (Å²) in [4.78, 5) is 5.12. The highest BCUT2D eigenvalue weighted by molar-refractivity contribution is 7.98. The smallest absolute Gasteiger partial charge is 0.138 e. The summed E-state index contributed by atoms with van der Waals surface area (Å²) in [7, 11) is 0. The van der Waals surface area contributed by atoms with Gasteiger partial charge in [-0.25, -0.2) is 9.67 Å². The molecule has 1 aromatic heterocycles. The van der Waals surface area contributed by atoms with Crippen LogP contribution in [0.4, 0.5) is 0 Å². The van der Waals surface area contributed by atoms with Crippen molar-refractivity contribution in [1.82, 2.24) is 14.8 Å². The molecule has 0 aliphatic carbocycles. The molecule has 0 saturated carbocycles. The van der Waals surface area contributed by atoms with E-state index in [0.29, 0.717) is 6.54 Å². The van der Waals surface area contributed by atoms with Crippen molar-refractivity contribution in [2.75, 3.05) is 6.26 Å². The summed E-state index contributed by atoms with van der Waals surface area (Å²) < 4.78 is 1.74. The normalized spacial score (nSPS) is 10.5. The first-order valence-corrected chi connectivity index (χ1v) is 5.80. The van der Waals surface area contributed by atoms with Crippen LogP contribution in [-0.2, 0) is 6.54 Å². The molecule has 2 aromatic rings. The highest BCUT2D eigenvalue weighted by Crippen LogP contribution is 2.24. The molecule has 0 saturated heterocycles. The van der Waals surface area contributed by atoms with E-state index >= 15 is 0 Å².